The number of hydrogen-bond donors (Lipinski definition) is 0. The second-order valence-corrected chi connectivity index (χ2v) is 56.0. The highest BCUT2D eigenvalue weighted by molar-refractivity contribution is 6.92. The maximum Gasteiger partial charge on any atom is 0.338 e. The van der Waals surface area contributed by atoms with Gasteiger partial charge in [-0.15, -0.1) is 22.2 Å². The molecule has 0 radical (unpaired) electrons. The van der Waals surface area contributed by atoms with Gasteiger partial charge in [-0.05, 0) is 239 Å². The zero-order chi connectivity index (χ0) is 74.6. The van der Waals surface area contributed by atoms with Crippen LogP contribution in [0.5, 0.6) is 0 Å². The maximum atomic E-state index is 14.6. The number of esters is 2. The zero-order valence-electron chi connectivity index (χ0n) is 66.4. The van der Waals surface area contributed by atoms with E-state index in [2.05, 4.69) is 309 Å². The number of benzene rings is 10. The molecule has 0 aliphatic rings. The van der Waals surface area contributed by atoms with Crippen molar-refractivity contribution in [3.05, 3.63) is 167 Å². The molecule has 0 aliphatic carbocycles. The van der Waals surface area contributed by atoms with Gasteiger partial charge in [0, 0.05) is 22.3 Å². The lowest BCUT2D eigenvalue weighted by Crippen LogP contribution is -2.43. The van der Waals surface area contributed by atoms with E-state index < -0.39 is 56.4 Å². The molecule has 0 fully saturated rings. The summed E-state index contributed by atoms with van der Waals surface area (Å²) in [5.74, 6) is 15.0. The normalized spacial score (nSPS) is 13.4. The van der Waals surface area contributed by atoms with E-state index in [4.69, 9.17) is 9.47 Å². The van der Waals surface area contributed by atoms with Gasteiger partial charge in [0.15, 0.2) is 0 Å². The van der Waals surface area contributed by atoms with Gasteiger partial charge in [0.25, 0.3) is 0 Å². The van der Waals surface area contributed by atoms with Crippen molar-refractivity contribution in [1.82, 2.24) is 0 Å². The highest BCUT2D eigenvalue weighted by Gasteiger charge is 2.45. The van der Waals surface area contributed by atoms with Crippen molar-refractivity contribution in [3.8, 4) is 45.9 Å². The molecule has 0 amide bonds. The van der Waals surface area contributed by atoms with Crippen LogP contribution < -0.4 is 0 Å². The summed E-state index contributed by atoms with van der Waals surface area (Å²) >= 11 is 0. The Bertz CT molecular complexity index is 4770. The van der Waals surface area contributed by atoms with E-state index in [0.717, 1.165) is 97.7 Å². The first-order valence-corrected chi connectivity index (χ1v) is 47.3. The molecule has 8 heteroatoms. The number of hydrogen-bond acceptors (Lipinski definition) is 4. The fraction of sp³-hybridized carbons (Fsp3) is 0.426. The average molecular weight is 1420 g/mol. The van der Waals surface area contributed by atoms with E-state index in [1.54, 1.807) is 13.8 Å². The molecule has 102 heavy (non-hydrogen) atoms. The Hall–Kier alpha value is -7.67. The smallest absolute Gasteiger partial charge is 0.338 e. The lowest BCUT2D eigenvalue weighted by atomic mass is 9.88. The molecule has 0 heterocycles. The van der Waals surface area contributed by atoms with Crippen LogP contribution in [0.1, 0.15) is 223 Å². The minimum atomic E-state index is -2.21. The summed E-state index contributed by atoms with van der Waals surface area (Å²) in [5.41, 5.74) is 26.9. The summed E-state index contributed by atoms with van der Waals surface area (Å²) in [6.45, 7) is 60.6. The Labute approximate surface area is 616 Å². The fourth-order valence-electron chi connectivity index (χ4n) is 19.2. The van der Waals surface area contributed by atoms with E-state index in [1.807, 2.05) is 36.4 Å². The summed E-state index contributed by atoms with van der Waals surface area (Å²) in [6.07, 6.45) is -1.56. The summed E-state index contributed by atoms with van der Waals surface area (Å²) < 4.78 is 12.6. The largest absolute Gasteiger partial charge is 0.455 e. The Morgan fingerprint density at radius 1 is 0.245 bits per heavy atom. The average Bonchev–Trinajstić information content (AvgIpc) is 0.731. The molecule has 2 atom stereocenters. The molecule has 0 saturated heterocycles. The molecule has 0 unspecified atom stereocenters. The van der Waals surface area contributed by atoms with Gasteiger partial charge in [-0.3, -0.25) is 0 Å². The predicted octanol–water partition coefficient (Wildman–Crippen LogP) is 27.0. The number of fused-ring (bicyclic) bond motifs is 8. The van der Waals surface area contributed by atoms with Crippen molar-refractivity contribution in [2.24, 2.45) is 0 Å². The van der Waals surface area contributed by atoms with Crippen molar-refractivity contribution < 1.29 is 19.1 Å². The molecule has 0 N–H and O–H groups in total. The van der Waals surface area contributed by atoms with Crippen molar-refractivity contribution in [1.29, 1.82) is 0 Å². The predicted molar refractivity (Wildman–Crippen MR) is 454 cm³/mol. The summed E-state index contributed by atoms with van der Waals surface area (Å²) in [7, 11) is -8.80. The van der Waals surface area contributed by atoms with Crippen LogP contribution in [0.2, 0.25) is 66.5 Å². The molecule has 10 rings (SSSR count). The van der Waals surface area contributed by atoms with Crippen LogP contribution in [0.3, 0.4) is 0 Å². The standard InChI is InChI=1S/C94H114O4Si4/c1-57(2)99(58(3)4,59(5)6)43-39-81-85-49-71-31-27-29-33-73(71)51-87(85)83(41-45-101(63(13)14,64(15)16)65(17)18)91-55-79-47-77(37-35-75(79)53-89(81)91)93(95)97-69(25)70(26)98-94(96)78-38-36-76-54-90-82(40-44-100(60(7)8,61(9)10)62(11)12)86-50-72-32-28-30-34-74(72)52-88(86)84(92(90)56-80(76)48-78)42-46-102(66(19)20,67(21)22)68(23)24/h27-38,47-70H,1-26H3/t69-,70-/m1/s1. The summed E-state index contributed by atoms with van der Waals surface area (Å²) in [4.78, 5) is 29.2. The van der Waals surface area contributed by atoms with Crippen LogP contribution in [-0.2, 0) is 9.47 Å². The monoisotopic (exact) mass is 1420 g/mol. The zero-order valence-corrected chi connectivity index (χ0v) is 70.4. The van der Waals surface area contributed by atoms with Gasteiger partial charge < -0.3 is 9.47 Å². The highest BCUT2D eigenvalue weighted by Crippen LogP contribution is 2.47. The lowest BCUT2D eigenvalue weighted by molar-refractivity contribution is -0.0239. The Morgan fingerprint density at radius 2 is 0.422 bits per heavy atom. The number of carbonyl (C=O) groups is 2. The Morgan fingerprint density at radius 3 is 0.608 bits per heavy atom. The van der Waals surface area contributed by atoms with Crippen molar-refractivity contribution >= 4 is 130 Å². The summed E-state index contributed by atoms with van der Waals surface area (Å²) in [5, 5.41) is 17.1. The SMILES string of the molecule is CC(C)[Si](C#Cc1c2cc3ccccc3cc2c(C#C[Si](C(C)C)(C(C)C)C(C)C)c2cc3cc(C(=O)O[C@H](C)[C@@H](C)OC(=O)c4ccc5cc6c(C#C[Si](C(C)C)(C(C)C)C(C)C)c7cc8ccccc8cc7c(C#C[Si](C(C)C)(C(C)C)C(C)C)c6cc5c4)ccc3cc12)(C(C)C)C(C)C. The third-order valence-corrected chi connectivity index (χ3v) is 49.8. The first-order valence-electron chi connectivity index (χ1n) is 38.3. The molecule has 10 aromatic rings. The number of carbonyl (C=O) groups excluding carboxylic acids is 2. The minimum absolute atomic E-state index is 0.409. The molecule has 0 bridgehead atoms. The van der Waals surface area contributed by atoms with Gasteiger partial charge >= 0.3 is 11.9 Å². The quantitative estimate of drug-likeness (QED) is 0.0395. The van der Waals surface area contributed by atoms with Gasteiger partial charge in [0.2, 0.25) is 0 Å². The van der Waals surface area contributed by atoms with E-state index in [0.29, 0.717) is 77.6 Å². The van der Waals surface area contributed by atoms with Crippen LogP contribution in [0.4, 0.5) is 0 Å². The maximum absolute atomic E-state index is 14.6. The van der Waals surface area contributed by atoms with Gasteiger partial charge in [-0.1, -0.05) is 251 Å². The van der Waals surface area contributed by atoms with Crippen LogP contribution in [0, 0.1) is 45.9 Å². The van der Waals surface area contributed by atoms with Gasteiger partial charge in [-0.25, -0.2) is 9.59 Å². The lowest BCUT2D eigenvalue weighted by Gasteiger charge is -2.38. The molecule has 4 nitrogen and oxygen atoms in total. The third-order valence-electron chi connectivity index (χ3n) is 24.7. The van der Waals surface area contributed by atoms with E-state index in [9.17, 15) is 9.59 Å². The summed E-state index contributed by atoms with van der Waals surface area (Å²) in [6, 6.07) is 47.4. The molecule has 530 valence electrons. The molecule has 0 spiro atoms. The minimum Gasteiger partial charge on any atom is -0.455 e. The van der Waals surface area contributed by atoms with Gasteiger partial charge in [0.05, 0.1) is 11.1 Å². The van der Waals surface area contributed by atoms with Crippen LogP contribution >= 0.6 is 0 Å². The molecular weight excluding hydrogens is 1310 g/mol. The Balaban J connectivity index is 1.06. The Kier molecular flexibility index (Phi) is 22.8. The van der Waals surface area contributed by atoms with Gasteiger partial charge in [0.1, 0.15) is 44.5 Å². The van der Waals surface area contributed by atoms with Crippen molar-refractivity contribution in [2.75, 3.05) is 0 Å². The molecule has 0 saturated carbocycles. The first-order chi connectivity index (χ1) is 48.1. The van der Waals surface area contributed by atoms with E-state index >= 15 is 0 Å². The molecule has 10 aromatic carbocycles. The second kappa shape index (κ2) is 30.2. The van der Waals surface area contributed by atoms with Crippen LogP contribution in [0.25, 0.3) is 86.2 Å². The van der Waals surface area contributed by atoms with Crippen LogP contribution in [0.15, 0.2) is 133 Å². The first kappa shape index (κ1) is 77.0. The number of rotatable bonds is 17. The van der Waals surface area contributed by atoms with Crippen molar-refractivity contribution in [3.63, 3.8) is 0 Å². The van der Waals surface area contributed by atoms with Crippen molar-refractivity contribution in [2.45, 2.75) is 259 Å². The second-order valence-electron chi connectivity index (χ2n) is 33.7. The van der Waals surface area contributed by atoms with Gasteiger partial charge in [-0.2, -0.15) is 0 Å². The topological polar surface area (TPSA) is 52.6 Å². The van der Waals surface area contributed by atoms with Crippen LogP contribution in [-0.4, -0.2) is 56.4 Å². The molecular formula is C94H114O4Si4. The number of ether oxygens (including phenoxy) is 2. The third kappa shape index (κ3) is 13.8. The molecule has 0 aromatic heterocycles. The van der Waals surface area contributed by atoms with E-state index in [1.165, 1.54) is 10.8 Å². The fourth-order valence-corrected chi connectivity index (χ4v) is 40.0. The highest BCUT2D eigenvalue weighted by atomic mass is 28.3. The van der Waals surface area contributed by atoms with E-state index in [-0.39, 0.29) is 0 Å². The molecule has 0 aliphatic heterocycles.